The highest BCUT2D eigenvalue weighted by molar-refractivity contribution is 5.85. The van der Waals surface area contributed by atoms with E-state index >= 15 is 0 Å². The highest BCUT2D eigenvalue weighted by atomic mass is 16.4. The maximum Gasteiger partial charge on any atom is 0.307 e. The third kappa shape index (κ3) is 3.08. The summed E-state index contributed by atoms with van der Waals surface area (Å²) in [6.45, 7) is 0.328. The Kier molecular flexibility index (Phi) is 4.13. The van der Waals surface area contributed by atoms with E-state index in [2.05, 4.69) is 0 Å². The van der Waals surface area contributed by atoms with Gasteiger partial charge in [-0.1, -0.05) is 19.3 Å². The van der Waals surface area contributed by atoms with E-state index in [9.17, 15) is 14.7 Å². The number of hydrogen-bond donors (Lipinski definition) is 2. The van der Waals surface area contributed by atoms with Gasteiger partial charge in [0.15, 0.2) is 0 Å². The predicted octanol–water partition coefficient (Wildman–Crippen LogP) is 1.25. The van der Waals surface area contributed by atoms with Gasteiger partial charge in [0.05, 0.1) is 17.4 Å². The summed E-state index contributed by atoms with van der Waals surface area (Å²) in [4.78, 5) is 25.0. The summed E-state index contributed by atoms with van der Waals surface area (Å²) in [5, 5.41) is 19.4. The Balaban J connectivity index is 1.96. The van der Waals surface area contributed by atoms with Crippen LogP contribution >= 0.6 is 0 Å². The predicted molar refractivity (Wildman–Crippen MR) is 69.5 cm³/mol. The number of carbonyl (C=O) groups is 2. The highest BCUT2D eigenvalue weighted by Crippen LogP contribution is 2.35. The first kappa shape index (κ1) is 14.3. The van der Waals surface area contributed by atoms with E-state index in [0.717, 1.165) is 32.1 Å². The van der Waals surface area contributed by atoms with Crippen molar-refractivity contribution in [2.24, 2.45) is 11.8 Å². The summed E-state index contributed by atoms with van der Waals surface area (Å²) in [5.41, 5.74) is -0.762. The van der Waals surface area contributed by atoms with Crippen molar-refractivity contribution in [3.63, 3.8) is 0 Å². The minimum atomic E-state index is -0.871. The summed E-state index contributed by atoms with van der Waals surface area (Å²) in [5.74, 6) is -1.95. The number of hydrogen-bond acceptors (Lipinski definition) is 3. The molecular formula is C14H23NO4. The van der Waals surface area contributed by atoms with Gasteiger partial charge in [0.1, 0.15) is 0 Å². The van der Waals surface area contributed by atoms with Crippen molar-refractivity contribution >= 4 is 11.9 Å². The molecule has 0 aromatic heterocycles. The molecule has 19 heavy (non-hydrogen) atoms. The van der Waals surface area contributed by atoms with Crippen LogP contribution in [0, 0.1) is 11.8 Å². The molecule has 5 heteroatoms. The highest BCUT2D eigenvalue weighted by Gasteiger charge is 2.41. The van der Waals surface area contributed by atoms with Crippen molar-refractivity contribution in [1.82, 2.24) is 4.90 Å². The minimum absolute atomic E-state index is 0.120. The van der Waals surface area contributed by atoms with Gasteiger partial charge in [-0.2, -0.15) is 0 Å². The van der Waals surface area contributed by atoms with Gasteiger partial charge in [0, 0.05) is 13.6 Å². The smallest absolute Gasteiger partial charge is 0.307 e. The number of rotatable bonds is 4. The van der Waals surface area contributed by atoms with Crippen LogP contribution in [-0.2, 0) is 9.59 Å². The number of aliphatic hydroxyl groups is 1. The van der Waals surface area contributed by atoms with Gasteiger partial charge in [-0.05, 0) is 25.7 Å². The molecule has 2 saturated carbocycles. The van der Waals surface area contributed by atoms with Crippen LogP contribution < -0.4 is 0 Å². The first-order valence-corrected chi connectivity index (χ1v) is 7.13. The summed E-state index contributed by atoms with van der Waals surface area (Å²) in [6, 6.07) is 0. The third-order valence-electron chi connectivity index (χ3n) is 4.59. The summed E-state index contributed by atoms with van der Waals surface area (Å²) < 4.78 is 0. The summed E-state index contributed by atoms with van der Waals surface area (Å²) >= 11 is 0. The average molecular weight is 269 g/mol. The summed E-state index contributed by atoms with van der Waals surface area (Å²) in [7, 11) is 1.68. The molecule has 108 valence electrons. The van der Waals surface area contributed by atoms with Gasteiger partial charge < -0.3 is 15.1 Å². The molecule has 0 aromatic rings. The lowest BCUT2D eigenvalue weighted by atomic mass is 9.94. The van der Waals surface area contributed by atoms with Crippen LogP contribution in [0.5, 0.6) is 0 Å². The fourth-order valence-corrected chi connectivity index (χ4v) is 3.54. The van der Waals surface area contributed by atoms with Crippen molar-refractivity contribution in [1.29, 1.82) is 0 Å². The normalized spacial score (nSPS) is 29.4. The minimum Gasteiger partial charge on any atom is -0.481 e. The van der Waals surface area contributed by atoms with Gasteiger partial charge in [0.25, 0.3) is 0 Å². The zero-order valence-corrected chi connectivity index (χ0v) is 11.5. The van der Waals surface area contributed by atoms with Crippen LogP contribution in [-0.4, -0.2) is 46.2 Å². The van der Waals surface area contributed by atoms with Crippen molar-refractivity contribution in [2.75, 3.05) is 13.6 Å². The first-order valence-electron chi connectivity index (χ1n) is 7.13. The maximum atomic E-state index is 12.3. The molecule has 2 atom stereocenters. The molecule has 0 radical (unpaired) electrons. The molecule has 2 fully saturated rings. The Labute approximate surface area is 113 Å². The van der Waals surface area contributed by atoms with Gasteiger partial charge in [-0.25, -0.2) is 0 Å². The molecule has 2 rings (SSSR count). The molecule has 2 unspecified atom stereocenters. The van der Waals surface area contributed by atoms with Gasteiger partial charge in [-0.15, -0.1) is 0 Å². The molecular weight excluding hydrogens is 246 g/mol. The zero-order chi connectivity index (χ0) is 14.0. The largest absolute Gasteiger partial charge is 0.481 e. The third-order valence-corrected chi connectivity index (χ3v) is 4.59. The lowest BCUT2D eigenvalue weighted by Crippen LogP contribution is -2.45. The number of amides is 1. The van der Waals surface area contributed by atoms with Crippen LogP contribution in [0.15, 0.2) is 0 Å². The molecule has 1 amide bonds. The molecule has 0 bridgehead atoms. The zero-order valence-electron chi connectivity index (χ0n) is 11.5. The van der Waals surface area contributed by atoms with Crippen LogP contribution in [0.25, 0.3) is 0 Å². The second kappa shape index (κ2) is 5.49. The number of nitrogens with zero attached hydrogens (tertiary/aromatic N) is 1. The van der Waals surface area contributed by atoms with E-state index < -0.39 is 23.4 Å². The van der Waals surface area contributed by atoms with E-state index in [0.29, 0.717) is 19.4 Å². The van der Waals surface area contributed by atoms with Crippen LogP contribution in [0.2, 0.25) is 0 Å². The Bertz CT molecular complexity index is 362. The van der Waals surface area contributed by atoms with E-state index in [1.165, 1.54) is 4.90 Å². The average Bonchev–Trinajstić information content (AvgIpc) is 2.96. The Morgan fingerprint density at radius 2 is 1.74 bits per heavy atom. The standard InChI is InChI=1S/C14H23NO4/c1-15(9-14(19)7-2-3-8-14)12(16)10-5-4-6-11(10)13(17)18/h10-11,19H,2-9H2,1H3,(H,17,18). The molecule has 0 aromatic carbocycles. The lowest BCUT2D eigenvalue weighted by Gasteiger charge is -2.31. The molecule has 0 heterocycles. The molecule has 2 aliphatic carbocycles. The van der Waals surface area contributed by atoms with Crippen molar-refractivity contribution in [3.05, 3.63) is 0 Å². The molecule has 0 spiro atoms. The monoisotopic (exact) mass is 269 g/mol. The van der Waals surface area contributed by atoms with Gasteiger partial charge in [-0.3, -0.25) is 9.59 Å². The van der Waals surface area contributed by atoms with E-state index in [4.69, 9.17) is 5.11 Å². The molecule has 0 saturated heterocycles. The number of likely N-dealkylation sites (N-methyl/N-ethyl adjacent to an activating group) is 1. The number of carbonyl (C=O) groups excluding carboxylic acids is 1. The van der Waals surface area contributed by atoms with Gasteiger partial charge >= 0.3 is 5.97 Å². The van der Waals surface area contributed by atoms with E-state index in [1.807, 2.05) is 0 Å². The van der Waals surface area contributed by atoms with Crippen molar-refractivity contribution in [2.45, 2.75) is 50.5 Å². The SMILES string of the molecule is CN(CC1(O)CCCC1)C(=O)C1CCCC1C(=O)O. The van der Waals surface area contributed by atoms with Crippen molar-refractivity contribution in [3.8, 4) is 0 Å². The van der Waals surface area contributed by atoms with Crippen molar-refractivity contribution < 1.29 is 19.8 Å². The van der Waals surface area contributed by atoms with E-state index in [1.54, 1.807) is 7.05 Å². The molecule has 2 aliphatic rings. The number of aliphatic carboxylic acids is 1. The number of carboxylic acid groups (broad SMARTS) is 1. The molecule has 2 N–H and O–H groups in total. The Morgan fingerprint density at radius 1 is 1.16 bits per heavy atom. The van der Waals surface area contributed by atoms with Crippen LogP contribution in [0.1, 0.15) is 44.9 Å². The topological polar surface area (TPSA) is 77.8 Å². The second-order valence-corrected chi connectivity index (χ2v) is 6.11. The maximum absolute atomic E-state index is 12.3. The van der Waals surface area contributed by atoms with Gasteiger partial charge in [0.2, 0.25) is 5.91 Å². The Hall–Kier alpha value is -1.10. The fraction of sp³-hybridized carbons (Fsp3) is 0.857. The lowest BCUT2D eigenvalue weighted by molar-refractivity contribution is -0.149. The molecule has 0 aliphatic heterocycles. The quantitative estimate of drug-likeness (QED) is 0.805. The first-order chi connectivity index (χ1) is 8.93. The van der Waals surface area contributed by atoms with Crippen LogP contribution in [0.4, 0.5) is 0 Å². The number of carboxylic acids is 1. The van der Waals surface area contributed by atoms with Crippen LogP contribution in [0.3, 0.4) is 0 Å². The fourth-order valence-electron chi connectivity index (χ4n) is 3.54. The Morgan fingerprint density at radius 3 is 2.32 bits per heavy atom. The molecule has 5 nitrogen and oxygen atoms in total. The summed E-state index contributed by atoms with van der Waals surface area (Å²) in [6.07, 6.45) is 5.50. The van der Waals surface area contributed by atoms with E-state index in [-0.39, 0.29) is 5.91 Å². The second-order valence-electron chi connectivity index (χ2n) is 6.11.